The second-order valence-corrected chi connectivity index (χ2v) is 3.34. The standard InChI is InChI=1S/C7H15N3O2/c1-6-4-3-5-7(2)9(6)10(12)8-11/h6-7,11H,3-5H2,1-2H3/p-1/b10-8-. The third-order valence-electron chi connectivity index (χ3n) is 2.41. The molecule has 0 radical (unpaired) electrons. The first kappa shape index (κ1) is 9.09. The van der Waals surface area contributed by atoms with Crippen molar-refractivity contribution in [3.63, 3.8) is 0 Å². The van der Waals surface area contributed by atoms with Crippen molar-refractivity contribution in [2.24, 2.45) is 5.28 Å². The van der Waals surface area contributed by atoms with Gasteiger partial charge < -0.3 is 10.4 Å². The Kier molecular flexibility index (Phi) is 2.73. The lowest BCUT2D eigenvalue weighted by Crippen LogP contribution is -2.47. The summed E-state index contributed by atoms with van der Waals surface area (Å²) in [6.07, 6.45) is 3.03. The average Bonchev–Trinajstić information content (AvgIpc) is 2.03. The molecule has 1 rings (SSSR count). The van der Waals surface area contributed by atoms with Crippen molar-refractivity contribution in [1.82, 2.24) is 5.01 Å². The molecule has 1 aliphatic heterocycles. The number of nitrogens with zero attached hydrogens (tertiary/aromatic N) is 3. The zero-order valence-electron chi connectivity index (χ0n) is 7.43. The highest BCUT2D eigenvalue weighted by atomic mass is 16.6. The molecule has 1 fully saturated rings. The Hall–Kier alpha value is -1.00. The van der Waals surface area contributed by atoms with Crippen LogP contribution in [0, 0.1) is 10.4 Å². The minimum absolute atomic E-state index is 0.129. The molecule has 12 heavy (non-hydrogen) atoms. The summed E-state index contributed by atoms with van der Waals surface area (Å²) in [5.41, 5.74) is 0. The summed E-state index contributed by atoms with van der Waals surface area (Å²) in [6.45, 7) is 3.87. The van der Waals surface area contributed by atoms with Gasteiger partial charge in [-0.1, -0.05) is 0 Å². The van der Waals surface area contributed by atoms with Gasteiger partial charge in [0.05, 0.1) is 12.1 Å². The van der Waals surface area contributed by atoms with Crippen LogP contribution >= 0.6 is 0 Å². The molecule has 0 amide bonds. The molecule has 5 nitrogen and oxygen atoms in total. The summed E-state index contributed by atoms with van der Waals surface area (Å²) in [6, 6.07) is 0.257. The quantitative estimate of drug-likeness (QED) is 0.343. The van der Waals surface area contributed by atoms with E-state index >= 15 is 0 Å². The van der Waals surface area contributed by atoms with Gasteiger partial charge in [0, 0.05) is 4.97 Å². The van der Waals surface area contributed by atoms with Crippen molar-refractivity contribution < 1.29 is 4.97 Å². The summed E-state index contributed by atoms with van der Waals surface area (Å²) in [4.78, 5) is 0.175. The predicted octanol–water partition coefficient (Wildman–Crippen LogP) is 1.62. The third kappa shape index (κ3) is 1.60. The van der Waals surface area contributed by atoms with Gasteiger partial charge in [0.15, 0.2) is 0 Å². The molecule has 0 aliphatic carbocycles. The summed E-state index contributed by atoms with van der Waals surface area (Å²) >= 11 is 0. The fourth-order valence-electron chi connectivity index (χ4n) is 1.79. The molecule has 5 heteroatoms. The third-order valence-corrected chi connectivity index (χ3v) is 2.41. The fourth-order valence-corrected chi connectivity index (χ4v) is 1.79. The number of rotatable bonds is 1. The van der Waals surface area contributed by atoms with E-state index in [9.17, 15) is 10.4 Å². The highest BCUT2D eigenvalue weighted by molar-refractivity contribution is 4.72. The van der Waals surface area contributed by atoms with E-state index in [1.807, 2.05) is 13.8 Å². The molecule has 0 bridgehead atoms. The van der Waals surface area contributed by atoms with E-state index in [-0.39, 0.29) is 17.1 Å². The molecule has 1 saturated heterocycles. The topological polar surface area (TPSA) is 64.7 Å². The van der Waals surface area contributed by atoms with Crippen molar-refractivity contribution >= 4 is 0 Å². The summed E-state index contributed by atoms with van der Waals surface area (Å²) in [7, 11) is 0. The molecule has 70 valence electrons. The Morgan fingerprint density at radius 1 is 1.33 bits per heavy atom. The van der Waals surface area contributed by atoms with E-state index in [4.69, 9.17) is 0 Å². The van der Waals surface area contributed by atoms with Gasteiger partial charge in [-0.05, 0) is 38.4 Å². The molecule has 0 spiro atoms. The molecule has 0 aromatic carbocycles. The van der Waals surface area contributed by atoms with Gasteiger partial charge in [-0.25, -0.2) is 0 Å². The molecule has 1 aliphatic rings. The SMILES string of the molecule is CC1CCCC(C)N1/[N+]([O-])=N/[O-]. The maximum absolute atomic E-state index is 11.0. The summed E-state index contributed by atoms with van der Waals surface area (Å²) < 4.78 is 0. The van der Waals surface area contributed by atoms with E-state index in [2.05, 4.69) is 5.28 Å². The van der Waals surface area contributed by atoms with Crippen LogP contribution in [0.15, 0.2) is 5.28 Å². The van der Waals surface area contributed by atoms with Crippen LogP contribution in [0.5, 0.6) is 0 Å². The Labute approximate surface area is 71.8 Å². The van der Waals surface area contributed by atoms with Crippen LogP contribution in [0.3, 0.4) is 0 Å². The van der Waals surface area contributed by atoms with Crippen LogP contribution in [0.1, 0.15) is 33.1 Å². The highest BCUT2D eigenvalue weighted by Crippen LogP contribution is 2.22. The molecule has 0 N–H and O–H groups in total. The van der Waals surface area contributed by atoms with Crippen molar-refractivity contribution in [2.75, 3.05) is 0 Å². The van der Waals surface area contributed by atoms with Gasteiger partial charge in [0.25, 0.3) is 0 Å². The second-order valence-electron chi connectivity index (χ2n) is 3.34. The fraction of sp³-hybridized carbons (Fsp3) is 1.00. The van der Waals surface area contributed by atoms with E-state index < -0.39 is 0 Å². The van der Waals surface area contributed by atoms with Crippen molar-refractivity contribution in [3.05, 3.63) is 10.4 Å². The van der Waals surface area contributed by atoms with E-state index in [1.54, 1.807) is 0 Å². The van der Waals surface area contributed by atoms with Gasteiger partial charge in [-0.3, -0.25) is 0 Å². The van der Waals surface area contributed by atoms with Crippen LogP contribution in [0.25, 0.3) is 0 Å². The zero-order valence-corrected chi connectivity index (χ0v) is 7.43. The maximum Gasteiger partial charge on any atom is 0.0851 e. The van der Waals surface area contributed by atoms with Crippen LogP contribution in [-0.4, -0.2) is 22.1 Å². The Balaban J connectivity index is 2.69. The molecular weight excluding hydrogens is 158 g/mol. The predicted molar refractivity (Wildman–Crippen MR) is 44.0 cm³/mol. The van der Waals surface area contributed by atoms with E-state index in [0.717, 1.165) is 19.3 Å². The van der Waals surface area contributed by atoms with Crippen LogP contribution < -0.4 is 0 Å². The molecule has 2 atom stereocenters. The first-order valence-corrected chi connectivity index (χ1v) is 4.25. The van der Waals surface area contributed by atoms with Gasteiger partial charge >= 0.3 is 0 Å². The summed E-state index contributed by atoms with van der Waals surface area (Å²) in [5, 5.41) is 24.8. The first-order valence-electron chi connectivity index (χ1n) is 4.25. The smallest absolute Gasteiger partial charge is 0.0851 e. The van der Waals surface area contributed by atoms with Crippen LogP contribution in [-0.2, 0) is 0 Å². The number of hydrazine groups is 1. The Morgan fingerprint density at radius 3 is 2.25 bits per heavy atom. The zero-order chi connectivity index (χ0) is 9.14. The maximum atomic E-state index is 11.0. The Morgan fingerprint density at radius 2 is 1.83 bits per heavy atom. The number of hydrogen-bond donors (Lipinski definition) is 0. The van der Waals surface area contributed by atoms with Gasteiger partial charge in [0.2, 0.25) is 0 Å². The van der Waals surface area contributed by atoms with E-state index in [0.29, 0.717) is 0 Å². The van der Waals surface area contributed by atoms with Gasteiger partial charge in [-0.15, -0.1) is 5.01 Å². The minimum atomic E-state index is 0.129. The number of piperidine rings is 1. The van der Waals surface area contributed by atoms with Gasteiger partial charge in [0.1, 0.15) is 0 Å². The summed E-state index contributed by atoms with van der Waals surface area (Å²) in [5.74, 6) is 0. The first-order chi connectivity index (χ1) is 5.66. The Bertz CT molecular complexity index is 173. The highest BCUT2D eigenvalue weighted by Gasteiger charge is 2.30. The normalized spacial score (nSPS) is 32.2. The lowest BCUT2D eigenvalue weighted by atomic mass is 10.00. The largest absolute Gasteiger partial charge is 0.737 e. The van der Waals surface area contributed by atoms with Crippen molar-refractivity contribution in [1.29, 1.82) is 0 Å². The lowest BCUT2D eigenvalue weighted by molar-refractivity contribution is -0.707. The molecule has 0 saturated carbocycles. The molecule has 0 aromatic rings. The lowest BCUT2D eigenvalue weighted by Gasteiger charge is -2.34. The van der Waals surface area contributed by atoms with Gasteiger partial charge in [-0.2, -0.15) is 0 Å². The monoisotopic (exact) mass is 172 g/mol. The molecule has 2 unspecified atom stereocenters. The molecule has 0 aromatic heterocycles. The second kappa shape index (κ2) is 3.60. The van der Waals surface area contributed by atoms with Crippen molar-refractivity contribution in [2.45, 2.75) is 45.2 Å². The van der Waals surface area contributed by atoms with E-state index in [1.165, 1.54) is 5.01 Å². The van der Waals surface area contributed by atoms with Crippen LogP contribution in [0.2, 0.25) is 0 Å². The molecular formula is C7H14N3O2-. The average molecular weight is 172 g/mol. The van der Waals surface area contributed by atoms with Crippen molar-refractivity contribution in [3.8, 4) is 0 Å². The molecule has 1 heterocycles. The van der Waals surface area contributed by atoms with Crippen LogP contribution in [0.4, 0.5) is 0 Å². The number of hydrogen-bond acceptors (Lipinski definition) is 3. The minimum Gasteiger partial charge on any atom is -0.737 e.